The van der Waals surface area contributed by atoms with Crippen LogP contribution in [0.1, 0.15) is 60.2 Å². The van der Waals surface area contributed by atoms with Crippen LogP contribution in [0.3, 0.4) is 0 Å². The second-order valence-electron chi connectivity index (χ2n) is 9.74. The maximum Gasteiger partial charge on any atom is 0.252 e. The third-order valence-corrected chi connectivity index (χ3v) is 7.05. The molecule has 0 atom stereocenters. The Morgan fingerprint density at radius 3 is 2.60 bits per heavy atom. The SMILES string of the molecule is Cc1cc(C)c2cc(CN(Cc3nnnn3Cc3ccc(F)cc3)C3CCCCC3)c(=O)[nH]c2c1. The maximum atomic E-state index is 13.3. The Bertz CT molecular complexity index is 1370. The number of rotatable bonds is 7. The summed E-state index contributed by atoms with van der Waals surface area (Å²) >= 11 is 0. The number of H-pyrrole nitrogens is 1. The number of aromatic nitrogens is 5. The first kappa shape index (κ1) is 23.4. The first-order chi connectivity index (χ1) is 17.0. The van der Waals surface area contributed by atoms with E-state index in [1.807, 2.05) is 19.1 Å². The van der Waals surface area contributed by atoms with E-state index in [-0.39, 0.29) is 11.4 Å². The van der Waals surface area contributed by atoms with E-state index in [0.29, 0.717) is 25.7 Å². The predicted molar refractivity (Wildman–Crippen MR) is 133 cm³/mol. The van der Waals surface area contributed by atoms with Crippen LogP contribution in [0.2, 0.25) is 0 Å². The average molecular weight is 475 g/mol. The van der Waals surface area contributed by atoms with Gasteiger partial charge in [0.15, 0.2) is 5.82 Å². The standard InChI is InChI=1S/C27H31FN6O/c1-18-12-19(2)24-14-21(27(35)29-25(24)13-18)16-33(23-6-4-3-5-7-23)17-26-30-31-32-34(26)15-20-8-10-22(28)11-9-20/h8-14,23H,3-7,15-17H2,1-2H3,(H,29,35). The highest BCUT2D eigenvalue weighted by molar-refractivity contribution is 5.83. The molecule has 0 radical (unpaired) electrons. The molecule has 1 aliphatic carbocycles. The summed E-state index contributed by atoms with van der Waals surface area (Å²) in [7, 11) is 0. The van der Waals surface area contributed by atoms with Gasteiger partial charge in [0, 0.05) is 29.1 Å². The Morgan fingerprint density at radius 1 is 1.06 bits per heavy atom. The van der Waals surface area contributed by atoms with Crippen LogP contribution in [0.15, 0.2) is 47.3 Å². The molecule has 35 heavy (non-hydrogen) atoms. The maximum absolute atomic E-state index is 13.3. The summed E-state index contributed by atoms with van der Waals surface area (Å²) in [6, 6.07) is 13.0. The second kappa shape index (κ2) is 10.1. The zero-order chi connectivity index (χ0) is 24.4. The molecule has 2 aromatic heterocycles. The number of tetrazole rings is 1. The fourth-order valence-electron chi connectivity index (χ4n) is 5.22. The van der Waals surface area contributed by atoms with Crippen LogP contribution in [0, 0.1) is 19.7 Å². The van der Waals surface area contributed by atoms with Gasteiger partial charge in [-0.1, -0.05) is 37.5 Å². The van der Waals surface area contributed by atoms with Gasteiger partial charge in [-0.25, -0.2) is 9.07 Å². The van der Waals surface area contributed by atoms with E-state index in [1.165, 1.54) is 31.4 Å². The third-order valence-electron chi connectivity index (χ3n) is 7.05. The Morgan fingerprint density at radius 2 is 1.83 bits per heavy atom. The summed E-state index contributed by atoms with van der Waals surface area (Å²) in [4.78, 5) is 18.5. The first-order valence-electron chi connectivity index (χ1n) is 12.3. The zero-order valence-electron chi connectivity index (χ0n) is 20.3. The average Bonchev–Trinajstić information content (AvgIpc) is 3.27. The van der Waals surface area contributed by atoms with Gasteiger partial charge in [0.05, 0.1) is 13.1 Å². The van der Waals surface area contributed by atoms with Gasteiger partial charge in [0.25, 0.3) is 5.56 Å². The molecule has 1 N–H and O–H groups in total. The molecule has 1 fully saturated rings. The van der Waals surface area contributed by atoms with Crippen molar-refractivity contribution in [2.75, 3.05) is 0 Å². The number of benzene rings is 2. The Labute approximate surface area is 204 Å². The first-order valence-corrected chi connectivity index (χ1v) is 12.3. The van der Waals surface area contributed by atoms with E-state index in [1.54, 1.807) is 16.8 Å². The smallest absolute Gasteiger partial charge is 0.252 e. The van der Waals surface area contributed by atoms with E-state index < -0.39 is 0 Å². The van der Waals surface area contributed by atoms with Gasteiger partial charge >= 0.3 is 0 Å². The van der Waals surface area contributed by atoms with Gasteiger partial charge in [-0.05, 0) is 78.1 Å². The molecule has 8 heteroatoms. The van der Waals surface area contributed by atoms with Crippen LogP contribution < -0.4 is 5.56 Å². The monoisotopic (exact) mass is 474 g/mol. The number of fused-ring (bicyclic) bond motifs is 1. The van der Waals surface area contributed by atoms with Crippen LogP contribution in [0.4, 0.5) is 4.39 Å². The lowest BCUT2D eigenvalue weighted by atomic mass is 9.93. The molecule has 7 nitrogen and oxygen atoms in total. The fourth-order valence-corrected chi connectivity index (χ4v) is 5.22. The Hall–Kier alpha value is -3.39. The molecule has 0 saturated heterocycles. The minimum atomic E-state index is -0.264. The van der Waals surface area contributed by atoms with Crippen molar-refractivity contribution in [2.24, 2.45) is 0 Å². The molecular formula is C27H31FN6O. The summed E-state index contributed by atoms with van der Waals surface area (Å²) in [6.45, 7) is 5.67. The van der Waals surface area contributed by atoms with Crippen LogP contribution in [0.25, 0.3) is 10.9 Å². The number of aromatic amines is 1. The minimum absolute atomic E-state index is 0.0470. The Kier molecular flexibility index (Phi) is 6.72. The topological polar surface area (TPSA) is 79.7 Å². The van der Waals surface area contributed by atoms with E-state index >= 15 is 0 Å². The number of hydrogen-bond donors (Lipinski definition) is 1. The fraction of sp³-hybridized carbons (Fsp3) is 0.407. The molecule has 0 unspecified atom stereocenters. The lowest BCUT2D eigenvalue weighted by Gasteiger charge is -2.33. The molecule has 0 amide bonds. The van der Waals surface area contributed by atoms with Crippen molar-refractivity contribution in [3.05, 3.63) is 86.7 Å². The van der Waals surface area contributed by atoms with Crippen molar-refractivity contribution < 1.29 is 4.39 Å². The van der Waals surface area contributed by atoms with Crippen molar-refractivity contribution in [1.29, 1.82) is 0 Å². The molecule has 0 aliphatic heterocycles. The Balaban J connectivity index is 1.44. The van der Waals surface area contributed by atoms with E-state index in [4.69, 9.17) is 0 Å². The van der Waals surface area contributed by atoms with Crippen molar-refractivity contribution >= 4 is 10.9 Å². The van der Waals surface area contributed by atoms with Crippen molar-refractivity contribution in [3.8, 4) is 0 Å². The van der Waals surface area contributed by atoms with E-state index in [9.17, 15) is 9.18 Å². The van der Waals surface area contributed by atoms with E-state index in [0.717, 1.165) is 51.8 Å². The van der Waals surface area contributed by atoms with Gasteiger partial charge in [-0.2, -0.15) is 0 Å². The molecule has 4 aromatic rings. The van der Waals surface area contributed by atoms with Crippen LogP contribution >= 0.6 is 0 Å². The predicted octanol–water partition coefficient (Wildman–Crippen LogP) is 4.65. The van der Waals surface area contributed by atoms with Gasteiger partial charge in [0.2, 0.25) is 0 Å². The molecule has 182 valence electrons. The summed E-state index contributed by atoms with van der Waals surface area (Å²) in [5.74, 6) is 0.476. The quantitative estimate of drug-likeness (QED) is 0.422. The number of nitrogens with one attached hydrogen (secondary N) is 1. The highest BCUT2D eigenvalue weighted by Gasteiger charge is 2.24. The number of aryl methyl sites for hydroxylation is 2. The van der Waals surface area contributed by atoms with Crippen molar-refractivity contribution in [3.63, 3.8) is 0 Å². The summed E-state index contributed by atoms with van der Waals surface area (Å²) in [6.07, 6.45) is 5.83. The summed E-state index contributed by atoms with van der Waals surface area (Å²) in [5, 5.41) is 13.5. The lowest BCUT2D eigenvalue weighted by Crippen LogP contribution is -2.38. The van der Waals surface area contributed by atoms with Gasteiger partial charge in [-0.3, -0.25) is 9.69 Å². The van der Waals surface area contributed by atoms with Gasteiger partial charge in [-0.15, -0.1) is 5.10 Å². The van der Waals surface area contributed by atoms with Crippen LogP contribution in [0.5, 0.6) is 0 Å². The number of nitrogens with zero attached hydrogens (tertiary/aromatic N) is 5. The molecule has 0 spiro atoms. The molecule has 1 aliphatic rings. The minimum Gasteiger partial charge on any atom is -0.322 e. The van der Waals surface area contributed by atoms with Crippen LogP contribution in [-0.4, -0.2) is 36.1 Å². The molecule has 0 bridgehead atoms. The zero-order valence-corrected chi connectivity index (χ0v) is 20.3. The van der Waals surface area contributed by atoms with Crippen molar-refractivity contribution in [2.45, 2.75) is 71.6 Å². The molecular weight excluding hydrogens is 443 g/mol. The molecule has 5 rings (SSSR count). The van der Waals surface area contributed by atoms with Gasteiger partial charge in [0.1, 0.15) is 5.82 Å². The molecule has 2 heterocycles. The summed E-state index contributed by atoms with van der Waals surface area (Å²) < 4.78 is 15.1. The van der Waals surface area contributed by atoms with Crippen LogP contribution in [-0.2, 0) is 19.6 Å². The number of pyridine rings is 1. The van der Waals surface area contributed by atoms with Crippen molar-refractivity contribution in [1.82, 2.24) is 30.1 Å². The largest absolute Gasteiger partial charge is 0.322 e. The number of hydrogen-bond acceptors (Lipinski definition) is 5. The lowest BCUT2D eigenvalue weighted by molar-refractivity contribution is 0.134. The molecule has 2 aromatic carbocycles. The molecule has 1 saturated carbocycles. The highest BCUT2D eigenvalue weighted by atomic mass is 19.1. The summed E-state index contributed by atoms with van der Waals surface area (Å²) in [5.41, 5.74) is 4.81. The normalized spacial score (nSPS) is 14.7. The van der Waals surface area contributed by atoms with Gasteiger partial charge < -0.3 is 4.98 Å². The number of halogens is 1. The highest BCUT2D eigenvalue weighted by Crippen LogP contribution is 2.26. The second-order valence-corrected chi connectivity index (χ2v) is 9.74. The third kappa shape index (κ3) is 5.32. The van der Waals surface area contributed by atoms with E-state index in [2.05, 4.69) is 38.4 Å².